The van der Waals surface area contributed by atoms with E-state index in [0.717, 1.165) is 48.0 Å². The summed E-state index contributed by atoms with van der Waals surface area (Å²) in [5.41, 5.74) is 3.60. The van der Waals surface area contributed by atoms with Crippen LogP contribution in [0.25, 0.3) is 11.3 Å². The molecule has 0 N–H and O–H groups in total. The van der Waals surface area contributed by atoms with Crippen LogP contribution in [-0.4, -0.2) is 28.9 Å². The number of amides is 1. The van der Waals surface area contributed by atoms with E-state index in [0.29, 0.717) is 0 Å². The number of aromatic nitrogens is 1. The van der Waals surface area contributed by atoms with Crippen molar-refractivity contribution in [3.8, 4) is 11.3 Å². The second-order valence-corrected chi connectivity index (χ2v) is 6.23. The number of hydrogen-bond acceptors (Lipinski definition) is 3. The number of thiazole rings is 1. The monoisotopic (exact) mass is 286 g/mol. The molecule has 0 bridgehead atoms. The van der Waals surface area contributed by atoms with Crippen molar-refractivity contribution in [2.24, 2.45) is 5.92 Å². The lowest BCUT2D eigenvalue weighted by Crippen LogP contribution is -2.37. The van der Waals surface area contributed by atoms with Crippen LogP contribution < -0.4 is 0 Å². The smallest absolute Gasteiger partial charge is 0.266 e. The van der Waals surface area contributed by atoms with Crippen molar-refractivity contribution in [1.29, 1.82) is 0 Å². The average Bonchev–Trinajstić information content (AvgIpc) is 2.97. The van der Waals surface area contributed by atoms with Gasteiger partial charge in [-0.05, 0) is 18.8 Å². The van der Waals surface area contributed by atoms with Crippen LogP contribution in [0.1, 0.15) is 29.4 Å². The minimum Gasteiger partial charge on any atom is -0.338 e. The number of rotatable bonds is 2. The van der Waals surface area contributed by atoms with Gasteiger partial charge in [-0.1, -0.05) is 37.3 Å². The molecule has 1 aromatic carbocycles. The van der Waals surface area contributed by atoms with Gasteiger partial charge >= 0.3 is 0 Å². The van der Waals surface area contributed by atoms with Crippen LogP contribution in [0.15, 0.2) is 35.8 Å². The van der Waals surface area contributed by atoms with E-state index in [4.69, 9.17) is 0 Å². The van der Waals surface area contributed by atoms with Crippen molar-refractivity contribution < 1.29 is 4.79 Å². The number of nitrogens with zero attached hydrogens (tertiary/aromatic N) is 2. The van der Waals surface area contributed by atoms with Crippen LogP contribution in [0.3, 0.4) is 0 Å². The Kier molecular flexibility index (Phi) is 3.83. The molecule has 1 saturated heterocycles. The molecule has 0 atom stereocenters. The zero-order valence-electron chi connectivity index (χ0n) is 11.6. The molecule has 2 aromatic rings. The lowest BCUT2D eigenvalue weighted by atomic mass is 9.99. The van der Waals surface area contributed by atoms with Gasteiger partial charge in [-0.15, -0.1) is 11.3 Å². The van der Waals surface area contributed by atoms with Crippen LogP contribution in [0.2, 0.25) is 0 Å². The van der Waals surface area contributed by atoms with Crippen molar-refractivity contribution >= 4 is 17.2 Å². The van der Waals surface area contributed by atoms with Gasteiger partial charge in [0.1, 0.15) is 4.88 Å². The van der Waals surface area contributed by atoms with Gasteiger partial charge in [0.15, 0.2) is 0 Å². The fourth-order valence-electron chi connectivity index (χ4n) is 2.55. The minimum atomic E-state index is 0.137. The van der Waals surface area contributed by atoms with E-state index in [1.54, 1.807) is 5.51 Å². The predicted octanol–water partition coefficient (Wildman–Crippen LogP) is 3.68. The first-order chi connectivity index (χ1) is 9.75. The Bertz CT molecular complexity index is 586. The Hall–Kier alpha value is -1.68. The molecular weight excluding hydrogens is 268 g/mol. The zero-order chi connectivity index (χ0) is 13.9. The summed E-state index contributed by atoms with van der Waals surface area (Å²) >= 11 is 1.44. The molecule has 1 aliphatic rings. The quantitative estimate of drug-likeness (QED) is 0.843. The molecule has 104 valence electrons. The van der Waals surface area contributed by atoms with E-state index in [1.807, 2.05) is 35.2 Å². The first kappa shape index (κ1) is 13.3. The highest BCUT2D eigenvalue weighted by Crippen LogP contribution is 2.28. The maximum Gasteiger partial charge on any atom is 0.266 e. The van der Waals surface area contributed by atoms with Crippen molar-refractivity contribution in [1.82, 2.24) is 9.88 Å². The highest BCUT2D eigenvalue weighted by atomic mass is 32.1. The maximum atomic E-state index is 12.7. The summed E-state index contributed by atoms with van der Waals surface area (Å²) < 4.78 is 0. The highest BCUT2D eigenvalue weighted by molar-refractivity contribution is 7.12. The summed E-state index contributed by atoms with van der Waals surface area (Å²) in [4.78, 5) is 19.8. The van der Waals surface area contributed by atoms with Crippen molar-refractivity contribution in [2.45, 2.75) is 19.8 Å². The Morgan fingerprint density at radius 2 is 1.95 bits per heavy atom. The van der Waals surface area contributed by atoms with Gasteiger partial charge in [-0.2, -0.15) is 0 Å². The number of likely N-dealkylation sites (tertiary alicyclic amines) is 1. The average molecular weight is 286 g/mol. The molecule has 1 fully saturated rings. The molecule has 2 heterocycles. The third-order valence-electron chi connectivity index (χ3n) is 3.88. The molecular formula is C16H18N2OS. The number of piperidine rings is 1. The molecule has 3 rings (SSSR count). The number of benzene rings is 1. The van der Waals surface area contributed by atoms with Crippen LogP contribution in [0.4, 0.5) is 0 Å². The molecule has 0 saturated carbocycles. The molecule has 4 heteroatoms. The highest BCUT2D eigenvalue weighted by Gasteiger charge is 2.25. The van der Waals surface area contributed by atoms with Gasteiger partial charge < -0.3 is 4.90 Å². The molecule has 3 nitrogen and oxygen atoms in total. The fourth-order valence-corrected chi connectivity index (χ4v) is 3.33. The first-order valence-corrected chi connectivity index (χ1v) is 7.92. The molecule has 0 spiro atoms. The molecule has 1 aliphatic heterocycles. The molecule has 1 amide bonds. The van der Waals surface area contributed by atoms with E-state index < -0.39 is 0 Å². The van der Waals surface area contributed by atoms with E-state index in [2.05, 4.69) is 11.9 Å². The van der Waals surface area contributed by atoms with Crippen molar-refractivity contribution in [3.63, 3.8) is 0 Å². The SMILES string of the molecule is CC1CCN(C(=O)c2scnc2-c2ccccc2)CC1. The number of hydrogen-bond donors (Lipinski definition) is 0. The Labute approximate surface area is 123 Å². The van der Waals surface area contributed by atoms with Crippen LogP contribution >= 0.6 is 11.3 Å². The Morgan fingerprint density at radius 1 is 1.25 bits per heavy atom. The topological polar surface area (TPSA) is 33.2 Å². The van der Waals surface area contributed by atoms with Gasteiger partial charge in [-0.3, -0.25) is 4.79 Å². The Morgan fingerprint density at radius 3 is 2.65 bits per heavy atom. The van der Waals surface area contributed by atoms with E-state index >= 15 is 0 Å². The van der Waals surface area contributed by atoms with Gasteiger partial charge in [-0.25, -0.2) is 4.98 Å². The Balaban J connectivity index is 1.85. The zero-order valence-corrected chi connectivity index (χ0v) is 12.4. The third kappa shape index (κ3) is 2.61. The number of carbonyl (C=O) groups excluding carboxylic acids is 1. The summed E-state index contributed by atoms with van der Waals surface area (Å²) in [6, 6.07) is 9.94. The largest absolute Gasteiger partial charge is 0.338 e. The summed E-state index contributed by atoms with van der Waals surface area (Å²) in [7, 11) is 0. The second kappa shape index (κ2) is 5.75. The summed E-state index contributed by atoms with van der Waals surface area (Å²) in [6.45, 7) is 3.99. The molecule has 0 radical (unpaired) electrons. The summed E-state index contributed by atoms with van der Waals surface area (Å²) in [5, 5.41) is 0. The third-order valence-corrected chi connectivity index (χ3v) is 4.69. The van der Waals surface area contributed by atoms with E-state index in [1.165, 1.54) is 11.3 Å². The normalized spacial score (nSPS) is 16.4. The molecule has 1 aromatic heterocycles. The minimum absolute atomic E-state index is 0.137. The maximum absolute atomic E-state index is 12.7. The summed E-state index contributed by atoms with van der Waals surface area (Å²) in [6.07, 6.45) is 2.20. The standard InChI is InChI=1S/C16H18N2OS/c1-12-7-9-18(10-8-12)16(19)15-14(17-11-20-15)13-5-3-2-4-6-13/h2-6,11-12H,7-10H2,1H3. The molecule has 20 heavy (non-hydrogen) atoms. The second-order valence-electron chi connectivity index (χ2n) is 5.37. The van der Waals surface area contributed by atoms with Gasteiger partial charge in [0.2, 0.25) is 0 Å². The van der Waals surface area contributed by atoms with Crippen molar-refractivity contribution in [2.75, 3.05) is 13.1 Å². The van der Waals surface area contributed by atoms with Crippen LogP contribution in [-0.2, 0) is 0 Å². The van der Waals surface area contributed by atoms with Gasteiger partial charge in [0.25, 0.3) is 5.91 Å². The predicted molar refractivity (Wildman–Crippen MR) is 81.9 cm³/mol. The van der Waals surface area contributed by atoms with Gasteiger partial charge in [0.05, 0.1) is 11.2 Å². The fraction of sp³-hybridized carbons (Fsp3) is 0.375. The van der Waals surface area contributed by atoms with E-state index in [9.17, 15) is 4.79 Å². The molecule has 0 aliphatic carbocycles. The van der Waals surface area contributed by atoms with Crippen molar-refractivity contribution in [3.05, 3.63) is 40.7 Å². The lowest BCUT2D eigenvalue weighted by Gasteiger charge is -2.30. The number of carbonyl (C=O) groups is 1. The molecule has 0 unspecified atom stereocenters. The van der Waals surface area contributed by atoms with Crippen LogP contribution in [0.5, 0.6) is 0 Å². The first-order valence-electron chi connectivity index (χ1n) is 7.04. The van der Waals surface area contributed by atoms with Crippen LogP contribution in [0, 0.1) is 5.92 Å². The lowest BCUT2D eigenvalue weighted by molar-refractivity contribution is 0.0702. The van der Waals surface area contributed by atoms with Gasteiger partial charge in [0, 0.05) is 18.7 Å². The summed E-state index contributed by atoms with van der Waals surface area (Å²) in [5.74, 6) is 0.868. The van der Waals surface area contributed by atoms with E-state index in [-0.39, 0.29) is 5.91 Å².